The average Bonchev–Trinajstić information content (AvgIpc) is 2.30. The standard InChI is InChI=1S/C14H12N/c1-4-10-13(5-2)15(6-3)14-11-8-7-9-12-14/h4-5,10H,1-2,6H2,3H3/b13-10+. The van der Waals surface area contributed by atoms with Gasteiger partial charge in [-0.3, -0.25) is 0 Å². The summed E-state index contributed by atoms with van der Waals surface area (Å²) in [5.74, 6) is 0. The summed E-state index contributed by atoms with van der Waals surface area (Å²) < 4.78 is 0. The summed E-state index contributed by atoms with van der Waals surface area (Å²) in [6.07, 6.45) is 5.38. The molecule has 1 nitrogen and oxygen atoms in total. The summed E-state index contributed by atoms with van der Waals surface area (Å²) >= 11 is 0. The summed E-state index contributed by atoms with van der Waals surface area (Å²) in [6.45, 7) is 10.3. The smallest absolute Gasteiger partial charge is 0.111 e. The van der Waals surface area contributed by atoms with Crippen LogP contribution in [-0.4, -0.2) is 6.54 Å². The van der Waals surface area contributed by atoms with Crippen LogP contribution in [-0.2, 0) is 0 Å². The highest BCUT2D eigenvalue weighted by molar-refractivity contribution is 5.51. The third-order valence-electron chi connectivity index (χ3n) is 1.88. The fourth-order valence-electron chi connectivity index (χ4n) is 1.24. The summed E-state index contributed by atoms with van der Waals surface area (Å²) in [6, 6.07) is 14.0. The molecule has 0 saturated carbocycles. The molecular formula is C14H12N. The second-order valence-electron chi connectivity index (χ2n) is 2.75. The highest BCUT2D eigenvalue weighted by atomic mass is 15.1. The molecule has 0 aliphatic heterocycles. The van der Waals surface area contributed by atoms with Gasteiger partial charge in [-0.2, -0.15) is 0 Å². The molecule has 15 heavy (non-hydrogen) atoms. The maximum Gasteiger partial charge on any atom is 0.111 e. The zero-order valence-electron chi connectivity index (χ0n) is 8.80. The fourth-order valence-corrected chi connectivity index (χ4v) is 1.24. The zero-order valence-corrected chi connectivity index (χ0v) is 8.80. The number of anilines is 1. The highest BCUT2D eigenvalue weighted by Crippen LogP contribution is 2.15. The lowest BCUT2D eigenvalue weighted by molar-refractivity contribution is 0.979. The van der Waals surface area contributed by atoms with E-state index >= 15 is 0 Å². The first-order valence-electron chi connectivity index (χ1n) is 4.70. The van der Waals surface area contributed by atoms with E-state index < -0.39 is 0 Å². The Kier molecular flexibility index (Phi) is 4.07. The summed E-state index contributed by atoms with van der Waals surface area (Å²) in [7, 11) is 0. The Hall–Kier alpha value is -2.12. The van der Waals surface area contributed by atoms with Crippen LogP contribution >= 0.6 is 0 Å². The molecule has 0 bridgehead atoms. The van der Waals surface area contributed by atoms with Crippen LogP contribution in [0.4, 0.5) is 5.69 Å². The van der Waals surface area contributed by atoms with E-state index in [0.717, 1.165) is 17.9 Å². The largest absolute Gasteiger partial charge is 0.334 e. The van der Waals surface area contributed by atoms with Crippen molar-refractivity contribution in [3.05, 3.63) is 67.4 Å². The van der Waals surface area contributed by atoms with Gasteiger partial charge in [-0.15, -0.1) is 0 Å². The van der Waals surface area contributed by atoms with Gasteiger partial charge >= 0.3 is 0 Å². The van der Waals surface area contributed by atoms with Crippen LogP contribution in [0.2, 0.25) is 0 Å². The van der Waals surface area contributed by atoms with Crippen molar-refractivity contribution in [2.75, 3.05) is 11.4 Å². The minimum absolute atomic E-state index is 0.782. The van der Waals surface area contributed by atoms with Crippen LogP contribution in [0.1, 0.15) is 6.92 Å². The molecule has 0 amide bonds. The lowest BCUT2D eigenvalue weighted by atomic mass is 10.3. The summed E-state index contributed by atoms with van der Waals surface area (Å²) in [5, 5.41) is 0. The maximum absolute atomic E-state index is 3.76. The number of likely N-dealkylation sites (N-methyl/N-ethyl adjacent to an activating group) is 1. The van der Waals surface area contributed by atoms with Gasteiger partial charge in [-0.25, -0.2) is 0 Å². The predicted octanol–water partition coefficient (Wildman–Crippen LogP) is 2.77. The second-order valence-corrected chi connectivity index (χ2v) is 2.75. The van der Waals surface area contributed by atoms with Crippen molar-refractivity contribution in [1.82, 2.24) is 0 Å². The van der Waals surface area contributed by atoms with Crippen LogP contribution < -0.4 is 4.90 Å². The number of allylic oxidation sites excluding steroid dienone is 3. The van der Waals surface area contributed by atoms with Crippen molar-refractivity contribution < 1.29 is 0 Å². The molecule has 1 rings (SSSR count). The third-order valence-corrected chi connectivity index (χ3v) is 1.88. The quantitative estimate of drug-likeness (QED) is 0.651. The molecular weight excluding hydrogens is 182 g/mol. The van der Waals surface area contributed by atoms with Crippen LogP contribution in [0.15, 0.2) is 37.1 Å². The fraction of sp³-hybridized carbons (Fsp3) is 0.143. The van der Waals surface area contributed by atoms with Gasteiger partial charge in [0.2, 0.25) is 0 Å². The first kappa shape index (κ1) is 11.0. The van der Waals surface area contributed by atoms with Crippen molar-refractivity contribution in [2.24, 2.45) is 0 Å². The monoisotopic (exact) mass is 194 g/mol. The van der Waals surface area contributed by atoms with Crippen molar-refractivity contribution in [3.63, 3.8) is 0 Å². The molecule has 0 aliphatic carbocycles. The minimum atomic E-state index is 0.782. The van der Waals surface area contributed by atoms with Gasteiger partial charge in [0.1, 0.15) is 5.69 Å². The Morgan fingerprint density at radius 1 is 1.33 bits per heavy atom. The lowest BCUT2D eigenvalue weighted by Gasteiger charge is -2.21. The van der Waals surface area contributed by atoms with Crippen molar-refractivity contribution in [3.8, 4) is 0 Å². The Bertz CT molecular complexity index is 349. The van der Waals surface area contributed by atoms with E-state index in [2.05, 4.69) is 43.5 Å². The average molecular weight is 194 g/mol. The summed E-state index contributed by atoms with van der Waals surface area (Å²) in [5.41, 5.74) is 1.73. The molecule has 0 fully saturated rings. The van der Waals surface area contributed by atoms with Gasteiger partial charge in [0.25, 0.3) is 0 Å². The molecule has 0 spiro atoms. The van der Waals surface area contributed by atoms with Crippen LogP contribution in [0.5, 0.6) is 0 Å². The number of nitrogens with zero attached hydrogens (tertiary/aromatic N) is 1. The van der Waals surface area contributed by atoms with Gasteiger partial charge in [0.05, 0.1) is 6.07 Å². The molecule has 0 saturated heterocycles. The molecule has 0 unspecified atom stereocenters. The molecule has 73 valence electrons. The van der Waals surface area contributed by atoms with E-state index in [1.165, 1.54) is 0 Å². The topological polar surface area (TPSA) is 3.24 Å². The highest BCUT2D eigenvalue weighted by Gasteiger charge is 2.05. The van der Waals surface area contributed by atoms with Gasteiger partial charge < -0.3 is 4.90 Å². The van der Waals surface area contributed by atoms with E-state index in [0.29, 0.717) is 0 Å². The van der Waals surface area contributed by atoms with Gasteiger partial charge in [-0.1, -0.05) is 19.2 Å². The molecule has 1 radical (unpaired) electrons. The molecule has 0 heterocycles. The molecule has 0 aromatic heterocycles. The molecule has 0 aliphatic rings. The maximum atomic E-state index is 3.76. The lowest BCUT2D eigenvalue weighted by Crippen LogP contribution is -2.20. The van der Waals surface area contributed by atoms with Crippen LogP contribution in [0, 0.1) is 30.3 Å². The molecule has 0 N–H and O–H groups in total. The number of hydrogen-bond acceptors (Lipinski definition) is 1. The minimum Gasteiger partial charge on any atom is -0.334 e. The van der Waals surface area contributed by atoms with Crippen molar-refractivity contribution >= 4 is 5.69 Å². The van der Waals surface area contributed by atoms with Gasteiger partial charge in [0.15, 0.2) is 0 Å². The molecule has 1 aromatic rings. The third kappa shape index (κ3) is 2.66. The van der Waals surface area contributed by atoms with Crippen molar-refractivity contribution in [1.29, 1.82) is 0 Å². The molecule has 1 heteroatoms. The first-order chi connectivity index (χ1) is 7.33. The normalized spacial score (nSPS) is 9.80. The van der Waals surface area contributed by atoms with E-state index in [1.54, 1.807) is 12.2 Å². The first-order valence-corrected chi connectivity index (χ1v) is 4.70. The zero-order chi connectivity index (χ0) is 11.1. The Labute approximate surface area is 92.0 Å². The van der Waals surface area contributed by atoms with E-state index in [9.17, 15) is 0 Å². The second kappa shape index (κ2) is 5.58. The SMILES string of the molecule is C=C/C=C(\C=C)N(CC)c1[c]c#cc#c1. The Balaban J connectivity index is 3.03. The van der Waals surface area contributed by atoms with E-state index in [4.69, 9.17) is 0 Å². The van der Waals surface area contributed by atoms with Crippen LogP contribution in [0.3, 0.4) is 0 Å². The number of hydrogen-bond donors (Lipinski definition) is 0. The van der Waals surface area contributed by atoms with Crippen LogP contribution in [0.25, 0.3) is 0 Å². The summed E-state index contributed by atoms with van der Waals surface area (Å²) in [4.78, 5) is 2.00. The van der Waals surface area contributed by atoms with Gasteiger partial charge in [0, 0.05) is 12.2 Å². The van der Waals surface area contributed by atoms with E-state index in [-0.39, 0.29) is 0 Å². The number of rotatable bonds is 5. The molecule has 0 atom stereocenters. The van der Waals surface area contributed by atoms with Crippen molar-refractivity contribution in [2.45, 2.75) is 6.92 Å². The Morgan fingerprint density at radius 2 is 2.13 bits per heavy atom. The Morgan fingerprint density at radius 3 is 2.60 bits per heavy atom. The van der Waals surface area contributed by atoms with E-state index in [1.807, 2.05) is 17.9 Å². The predicted molar refractivity (Wildman–Crippen MR) is 62.1 cm³/mol. The van der Waals surface area contributed by atoms with Gasteiger partial charge in [-0.05, 0) is 43.3 Å². The molecule has 1 aromatic carbocycles.